The molecule has 26 heavy (non-hydrogen) atoms. The summed E-state index contributed by atoms with van der Waals surface area (Å²) in [4.78, 5) is 12.1. The first-order chi connectivity index (χ1) is 12.1. The number of hydrogen-bond donors (Lipinski definition) is 1. The number of hydrogen-bond acceptors (Lipinski definition) is 3. The molecule has 1 N–H and O–H groups in total. The van der Waals surface area contributed by atoms with E-state index in [-0.39, 0.29) is 17.4 Å². The second-order valence-corrected chi connectivity index (χ2v) is 8.47. The van der Waals surface area contributed by atoms with E-state index in [1.54, 1.807) is 30.3 Å². The lowest BCUT2D eigenvalue weighted by molar-refractivity contribution is -0.137. The Morgan fingerprint density at radius 2 is 1.73 bits per heavy atom. The molecule has 1 atom stereocenters. The number of anilines is 1. The largest absolute Gasteiger partial charge is 0.416 e. The molecule has 0 bridgehead atoms. The van der Waals surface area contributed by atoms with Crippen LogP contribution in [0.15, 0.2) is 48.5 Å². The van der Waals surface area contributed by atoms with E-state index in [9.17, 15) is 26.4 Å². The smallest absolute Gasteiger partial charge is 0.326 e. The van der Waals surface area contributed by atoms with Gasteiger partial charge in [-0.25, -0.2) is 8.42 Å². The fourth-order valence-electron chi connectivity index (χ4n) is 2.87. The van der Waals surface area contributed by atoms with Crippen LogP contribution in [-0.2, 0) is 20.8 Å². The average Bonchev–Trinajstić information content (AvgIpc) is 2.95. The zero-order chi connectivity index (χ0) is 18.9. The summed E-state index contributed by atoms with van der Waals surface area (Å²) in [6.45, 7) is 0. The van der Waals surface area contributed by atoms with E-state index < -0.39 is 27.5 Å². The SMILES string of the molecule is O=C(Nc1ccc(-c2cccc(C(F)(F)F)c2)cc1)[C@@H]1CCS(=O)(=O)C1. The monoisotopic (exact) mass is 383 g/mol. The molecule has 2 aromatic rings. The first kappa shape index (κ1) is 18.4. The lowest BCUT2D eigenvalue weighted by Gasteiger charge is -2.11. The number of sulfone groups is 1. The summed E-state index contributed by atoms with van der Waals surface area (Å²) in [5.74, 6) is -1.07. The molecular formula is C18H16F3NO3S. The molecule has 2 aromatic carbocycles. The quantitative estimate of drug-likeness (QED) is 0.878. The van der Waals surface area contributed by atoms with Crippen molar-refractivity contribution < 1.29 is 26.4 Å². The van der Waals surface area contributed by atoms with Gasteiger partial charge in [-0.1, -0.05) is 24.3 Å². The van der Waals surface area contributed by atoms with E-state index in [4.69, 9.17) is 0 Å². The molecule has 1 aliphatic rings. The zero-order valence-electron chi connectivity index (χ0n) is 13.6. The Morgan fingerprint density at radius 1 is 1.04 bits per heavy atom. The number of benzene rings is 2. The summed E-state index contributed by atoms with van der Waals surface area (Å²) < 4.78 is 61.3. The van der Waals surface area contributed by atoms with E-state index in [2.05, 4.69) is 5.32 Å². The molecule has 1 fully saturated rings. The summed E-state index contributed by atoms with van der Waals surface area (Å²) in [5.41, 5.74) is 0.738. The predicted molar refractivity (Wildman–Crippen MR) is 92.3 cm³/mol. The van der Waals surface area contributed by atoms with Crippen LogP contribution < -0.4 is 5.32 Å². The first-order valence-corrected chi connectivity index (χ1v) is 9.75. The molecule has 0 aliphatic carbocycles. The Balaban J connectivity index is 1.72. The summed E-state index contributed by atoms with van der Waals surface area (Å²) in [6.07, 6.45) is -4.11. The van der Waals surface area contributed by atoms with Crippen molar-refractivity contribution in [2.45, 2.75) is 12.6 Å². The molecule has 4 nitrogen and oxygen atoms in total. The van der Waals surface area contributed by atoms with E-state index >= 15 is 0 Å². The zero-order valence-corrected chi connectivity index (χ0v) is 14.4. The predicted octanol–water partition coefficient (Wildman–Crippen LogP) is 3.75. The van der Waals surface area contributed by atoms with Crippen LogP contribution in [0.25, 0.3) is 11.1 Å². The van der Waals surface area contributed by atoms with Gasteiger partial charge in [-0.3, -0.25) is 4.79 Å². The van der Waals surface area contributed by atoms with Gasteiger partial charge >= 0.3 is 6.18 Å². The molecule has 138 valence electrons. The number of carbonyl (C=O) groups excluding carboxylic acids is 1. The topological polar surface area (TPSA) is 63.2 Å². The van der Waals surface area contributed by atoms with Crippen molar-refractivity contribution >= 4 is 21.4 Å². The second-order valence-electron chi connectivity index (χ2n) is 6.25. The maximum Gasteiger partial charge on any atom is 0.416 e. The maximum atomic E-state index is 12.8. The number of amides is 1. The van der Waals surface area contributed by atoms with Gasteiger partial charge in [-0.2, -0.15) is 13.2 Å². The summed E-state index contributed by atoms with van der Waals surface area (Å²) >= 11 is 0. The van der Waals surface area contributed by atoms with Gasteiger partial charge in [-0.05, 0) is 41.8 Å². The Labute approximate surface area is 149 Å². The fraction of sp³-hybridized carbons (Fsp3) is 0.278. The van der Waals surface area contributed by atoms with E-state index in [1.165, 1.54) is 6.07 Å². The van der Waals surface area contributed by atoms with E-state index in [1.807, 2.05) is 0 Å². The van der Waals surface area contributed by atoms with E-state index in [0.29, 0.717) is 23.2 Å². The standard InChI is InChI=1S/C18H16F3NO3S/c19-18(20,21)15-3-1-2-13(10-15)12-4-6-16(7-5-12)22-17(23)14-8-9-26(24,25)11-14/h1-7,10,14H,8-9,11H2,(H,22,23)/t14-/m1/s1. The molecule has 1 heterocycles. The lowest BCUT2D eigenvalue weighted by atomic mass is 10.0. The van der Waals surface area contributed by atoms with Crippen LogP contribution in [0.4, 0.5) is 18.9 Å². The van der Waals surface area contributed by atoms with Gasteiger partial charge < -0.3 is 5.32 Å². The fourth-order valence-corrected chi connectivity index (χ4v) is 4.61. The Kier molecular flexibility index (Phi) is 4.79. The lowest BCUT2D eigenvalue weighted by Crippen LogP contribution is -2.23. The number of nitrogens with one attached hydrogen (secondary N) is 1. The van der Waals surface area contributed by atoms with E-state index in [0.717, 1.165) is 12.1 Å². The summed E-state index contributed by atoms with van der Waals surface area (Å²) in [6, 6.07) is 11.4. The molecule has 1 amide bonds. The maximum absolute atomic E-state index is 12.8. The highest BCUT2D eigenvalue weighted by atomic mass is 32.2. The Hall–Kier alpha value is -2.35. The average molecular weight is 383 g/mol. The number of alkyl halides is 3. The van der Waals surface area contributed by atoms with Crippen molar-refractivity contribution in [3.05, 3.63) is 54.1 Å². The third kappa shape index (κ3) is 4.24. The van der Waals surface area contributed by atoms with Crippen LogP contribution in [-0.4, -0.2) is 25.8 Å². The molecule has 0 unspecified atom stereocenters. The molecule has 1 saturated heterocycles. The van der Waals surface area contributed by atoms with Gasteiger partial charge in [0.15, 0.2) is 9.84 Å². The second kappa shape index (κ2) is 6.75. The molecule has 0 radical (unpaired) electrons. The van der Waals surface area contributed by atoms with Crippen LogP contribution >= 0.6 is 0 Å². The Morgan fingerprint density at radius 3 is 2.31 bits per heavy atom. The molecule has 8 heteroatoms. The third-order valence-electron chi connectivity index (χ3n) is 4.28. The highest BCUT2D eigenvalue weighted by Gasteiger charge is 2.33. The minimum atomic E-state index is -4.41. The number of carbonyl (C=O) groups is 1. The van der Waals surface area contributed by atoms with Crippen LogP contribution in [0.1, 0.15) is 12.0 Å². The third-order valence-corrected chi connectivity index (χ3v) is 6.05. The van der Waals surface area contributed by atoms with Gasteiger partial charge in [0, 0.05) is 5.69 Å². The normalized spacial score (nSPS) is 19.3. The van der Waals surface area contributed by atoms with Gasteiger partial charge in [-0.15, -0.1) is 0 Å². The van der Waals surface area contributed by atoms with Crippen molar-refractivity contribution in [1.29, 1.82) is 0 Å². The molecule has 0 aromatic heterocycles. The van der Waals surface area contributed by atoms with Crippen molar-refractivity contribution in [3.63, 3.8) is 0 Å². The molecule has 0 spiro atoms. The molecule has 1 aliphatic heterocycles. The number of halogens is 3. The van der Waals surface area contributed by atoms with Crippen molar-refractivity contribution in [3.8, 4) is 11.1 Å². The molecule has 0 saturated carbocycles. The Bertz CT molecular complexity index is 921. The first-order valence-electron chi connectivity index (χ1n) is 7.93. The highest BCUT2D eigenvalue weighted by Crippen LogP contribution is 2.32. The van der Waals surface area contributed by atoms with Crippen molar-refractivity contribution in [2.24, 2.45) is 5.92 Å². The molecule has 3 rings (SSSR count). The van der Waals surface area contributed by atoms with Crippen LogP contribution in [0.2, 0.25) is 0 Å². The van der Waals surface area contributed by atoms with Gasteiger partial charge in [0.05, 0.1) is 23.0 Å². The van der Waals surface area contributed by atoms with Crippen molar-refractivity contribution in [1.82, 2.24) is 0 Å². The summed E-state index contributed by atoms with van der Waals surface area (Å²) in [5, 5.41) is 2.65. The highest BCUT2D eigenvalue weighted by molar-refractivity contribution is 7.91. The van der Waals surface area contributed by atoms with Crippen LogP contribution in [0, 0.1) is 5.92 Å². The van der Waals surface area contributed by atoms with Crippen molar-refractivity contribution in [2.75, 3.05) is 16.8 Å². The summed E-state index contributed by atoms with van der Waals surface area (Å²) in [7, 11) is -3.14. The van der Waals surface area contributed by atoms with Gasteiger partial charge in [0.25, 0.3) is 0 Å². The number of rotatable bonds is 3. The molecular weight excluding hydrogens is 367 g/mol. The van der Waals surface area contributed by atoms with Gasteiger partial charge in [0.1, 0.15) is 0 Å². The van der Waals surface area contributed by atoms with Crippen LogP contribution in [0.3, 0.4) is 0 Å². The van der Waals surface area contributed by atoms with Gasteiger partial charge in [0.2, 0.25) is 5.91 Å². The minimum Gasteiger partial charge on any atom is -0.326 e. The minimum absolute atomic E-state index is 0.0135. The van der Waals surface area contributed by atoms with Crippen LogP contribution in [0.5, 0.6) is 0 Å².